The number of carboxylic acid groups (broad SMARTS) is 1. The lowest BCUT2D eigenvalue weighted by Gasteiger charge is -2.26. The standard InChI is InChI=1S/C72H117NO8/c1-6-8-10-12-14-16-18-20-22-24-26-27-28-29-30-31-32-33-34-35-36-37-38-39-40-41-42-43-45-47-49-51-53-55-57-59-61-63-70(75)81-68(67-80-72(71(76)77)78-65-64-73(3,4)5)66-79-69(74)62-60-58-56-54-52-50-48-46-44-25-23-21-19-17-15-13-11-9-7-2/h8,10,14,16,20-23,26-27,29-30,32-33,35-36,38-39,41-42,45,47,51,53,68,72H,6-7,9,11-13,15,17-19,24-25,28,31,34,37,40,43-44,46,48-50,52,54-67H2,1-5H3/b10-8-,16-14-,22-20-,23-21-,27-26-,30-29-,33-32-,36-35-,39-38-,42-41-,47-45-,53-51-. The fourth-order valence-electron chi connectivity index (χ4n) is 8.18. The number of carbonyl (C=O) groups excluding carboxylic acids is 3. The van der Waals surface area contributed by atoms with Gasteiger partial charge in [-0.2, -0.15) is 0 Å². The lowest BCUT2D eigenvalue weighted by atomic mass is 10.1. The van der Waals surface area contributed by atoms with Crippen LogP contribution in [0.2, 0.25) is 0 Å². The van der Waals surface area contributed by atoms with E-state index in [1.54, 1.807) is 0 Å². The van der Waals surface area contributed by atoms with E-state index in [-0.39, 0.29) is 38.6 Å². The van der Waals surface area contributed by atoms with Gasteiger partial charge in [0.1, 0.15) is 13.2 Å². The molecule has 9 nitrogen and oxygen atoms in total. The van der Waals surface area contributed by atoms with Crippen LogP contribution in [0, 0.1) is 0 Å². The van der Waals surface area contributed by atoms with Gasteiger partial charge in [-0.3, -0.25) is 9.59 Å². The van der Waals surface area contributed by atoms with Crippen LogP contribution < -0.4 is 5.11 Å². The van der Waals surface area contributed by atoms with Gasteiger partial charge in [0.05, 0.1) is 40.3 Å². The number of allylic oxidation sites excluding steroid dienone is 24. The van der Waals surface area contributed by atoms with Gasteiger partial charge in [-0.1, -0.05) is 243 Å². The topological polar surface area (TPSA) is 111 Å². The Balaban J connectivity index is 4.30. The lowest BCUT2D eigenvalue weighted by Crippen LogP contribution is -2.44. The van der Waals surface area contributed by atoms with Gasteiger partial charge in [0, 0.05) is 12.8 Å². The molecule has 0 fully saturated rings. The van der Waals surface area contributed by atoms with E-state index < -0.39 is 24.3 Å². The minimum Gasteiger partial charge on any atom is -0.545 e. The quantitative estimate of drug-likeness (QED) is 0.0195. The Morgan fingerprint density at radius 1 is 0.383 bits per heavy atom. The van der Waals surface area contributed by atoms with Crippen molar-refractivity contribution in [3.63, 3.8) is 0 Å². The Bertz CT molecular complexity index is 1840. The molecular formula is C72H117NO8. The van der Waals surface area contributed by atoms with Crippen molar-refractivity contribution < 1.29 is 42.9 Å². The van der Waals surface area contributed by atoms with Crippen LogP contribution in [0.4, 0.5) is 0 Å². The van der Waals surface area contributed by atoms with E-state index in [4.69, 9.17) is 18.9 Å². The Hall–Kier alpha value is -4.83. The van der Waals surface area contributed by atoms with Gasteiger partial charge in [-0.15, -0.1) is 0 Å². The molecule has 9 heteroatoms. The Labute approximate surface area is 496 Å². The molecule has 0 N–H and O–H groups in total. The minimum absolute atomic E-state index is 0.133. The molecule has 0 aliphatic rings. The number of carboxylic acids is 1. The first-order chi connectivity index (χ1) is 39.6. The first-order valence-electron chi connectivity index (χ1n) is 32.0. The van der Waals surface area contributed by atoms with Gasteiger partial charge in [0.25, 0.3) is 0 Å². The van der Waals surface area contributed by atoms with Gasteiger partial charge in [-0.25, -0.2) is 0 Å². The third-order valence-corrected chi connectivity index (χ3v) is 13.1. The number of rotatable bonds is 57. The highest BCUT2D eigenvalue weighted by Gasteiger charge is 2.22. The van der Waals surface area contributed by atoms with Crippen LogP contribution in [0.15, 0.2) is 146 Å². The van der Waals surface area contributed by atoms with Crippen molar-refractivity contribution in [2.45, 2.75) is 245 Å². The number of esters is 2. The zero-order chi connectivity index (χ0) is 59.1. The maximum atomic E-state index is 12.9. The molecule has 0 heterocycles. The van der Waals surface area contributed by atoms with E-state index in [2.05, 4.69) is 160 Å². The number of unbranched alkanes of at least 4 members (excludes halogenated alkanes) is 18. The van der Waals surface area contributed by atoms with Crippen LogP contribution in [0.5, 0.6) is 0 Å². The lowest BCUT2D eigenvalue weighted by molar-refractivity contribution is -0.870. The third-order valence-electron chi connectivity index (χ3n) is 13.1. The predicted octanol–water partition coefficient (Wildman–Crippen LogP) is 18.2. The summed E-state index contributed by atoms with van der Waals surface area (Å²) in [5, 5.41) is 11.8. The number of hydrogen-bond donors (Lipinski definition) is 0. The highest BCUT2D eigenvalue weighted by atomic mass is 16.7. The zero-order valence-electron chi connectivity index (χ0n) is 52.1. The molecule has 81 heavy (non-hydrogen) atoms. The number of ether oxygens (including phenoxy) is 4. The first-order valence-corrected chi connectivity index (χ1v) is 32.0. The fourth-order valence-corrected chi connectivity index (χ4v) is 8.18. The van der Waals surface area contributed by atoms with Crippen molar-refractivity contribution in [3.8, 4) is 0 Å². The van der Waals surface area contributed by atoms with Crippen LogP contribution >= 0.6 is 0 Å². The highest BCUT2D eigenvalue weighted by Crippen LogP contribution is 2.14. The van der Waals surface area contributed by atoms with Crippen LogP contribution in [0.25, 0.3) is 0 Å². The highest BCUT2D eigenvalue weighted by molar-refractivity contribution is 5.70. The summed E-state index contributed by atoms with van der Waals surface area (Å²) in [4.78, 5) is 37.3. The van der Waals surface area contributed by atoms with Crippen LogP contribution in [-0.4, -0.2) is 82.3 Å². The second-order valence-electron chi connectivity index (χ2n) is 22.0. The molecule has 0 aromatic carbocycles. The Kier molecular flexibility index (Phi) is 57.6. The molecule has 2 unspecified atom stereocenters. The molecule has 0 aliphatic heterocycles. The molecule has 2 atom stereocenters. The van der Waals surface area contributed by atoms with Crippen LogP contribution in [-0.2, 0) is 33.3 Å². The van der Waals surface area contributed by atoms with Gasteiger partial charge in [-0.05, 0) is 122 Å². The normalized spacial score (nSPS) is 13.7. The number of nitrogens with zero attached hydrogens (tertiary/aromatic N) is 1. The maximum absolute atomic E-state index is 12.9. The van der Waals surface area contributed by atoms with E-state index in [9.17, 15) is 19.5 Å². The number of hydrogen-bond acceptors (Lipinski definition) is 8. The second kappa shape index (κ2) is 61.2. The molecule has 0 rings (SSSR count). The van der Waals surface area contributed by atoms with Crippen molar-refractivity contribution in [2.75, 3.05) is 47.5 Å². The van der Waals surface area contributed by atoms with E-state index in [1.807, 2.05) is 21.1 Å². The Morgan fingerprint density at radius 3 is 1.07 bits per heavy atom. The molecule has 0 saturated heterocycles. The average molecular weight is 1120 g/mol. The van der Waals surface area contributed by atoms with Gasteiger partial charge in [0.15, 0.2) is 12.4 Å². The second-order valence-corrected chi connectivity index (χ2v) is 22.0. The van der Waals surface area contributed by atoms with Gasteiger partial charge >= 0.3 is 11.9 Å². The summed E-state index contributed by atoms with van der Waals surface area (Å²) in [5.74, 6) is -2.34. The van der Waals surface area contributed by atoms with E-state index in [0.717, 1.165) is 109 Å². The van der Waals surface area contributed by atoms with Crippen molar-refractivity contribution in [3.05, 3.63) is 146 Å². The maximum Gasteiger partial charge on any atom is 0.306 e. The monoisotopic (exact) mass is 1120 g/mol. The number of aliphatic carboxylic acids is 1. The van der Waals surface area contributed by atoms with E-state index in [1.165, 1.54) is 89.9 Å². The zero-order valence-corrected chi connectivity index (χ0v) is 52.1. The Morgan fingerprint density at radius 2 is 0.704 bits per heavy atom. The summed E-state index contributed by atoms with van der Waals surface area (Å²) >= 11 is 0. The molecule has 0 saturated carbocycles. The van der Waals surface area contributed by atoms with Crippen LogP contribution in [0.3, 0.4) is 0 Å². The molecule has 0 radical (unpaired) electrons. The SMILES string of the molecule is CC/C=C\C/C=C\C/C=C\C/C=C\C/C=C\C/C=C\C/C=C\C/C=C\C/C=C\C/C=C\C/C=C\CCCCCC(=O)OC(COC(=O)CCCCCCCCCCC/C=C\CCCCCCCC)COC(OCC[N+](C)(C)C)C(=O)[O-]. The molecule has 0 aliphatic carbocycles. The van der Waals surface area contributed by atoms with Crippen molar-refractivity contribution in [1.29, 1.82) is 0 Å². The third kappa shape index (κ3) is 62.6. The van der Waals surface area contributed by atoms with Crippen molar-refractivity contribution in [1.82, 2.24) is 0 Å². The summed E-state index contributed by atoms with van der Waals surface area (Å²) in [6.07, 6.45) is 86.2. The smallest absolute Gasteiger partial charge is 0.306 e. The largest absolute Gasteiger partial charge is 0.545 e. The first kappa shape index (κ1) is 76.2. The molecule has 0 aromatic heterocycles. The van der Waals surface area contributed by atoms with E-state index in [0.29, 0.717) is 17.4 Å². The van der Waals surface area contributed by atoms with E-state index >= 15 is 0 Å². The van der Waals surface area contributed by atoms with Crippen molar-refractivity contribution in [2.24, 2.45) is 0 Å². The molecule has 0 spiro atoms. The average Bonchev–Trinajstić information content (AvgIpc) is 3.44. The molecular weight excluding hydrogens is 1010 g/mol. The summed E-state index contributed by atoms with van der Waals surface area (Å²) in [6.45, 7) is 4.58. The molecule has 0 aromatic rings. The number of likely N-dealkylation sites (N-methyl/N-ethyl adjacent to an activating group) is 1. The summed E-state index contributed by atoms with van der Waals surface area (Å²) in [5.41, 5.74) is 0. The minimum atomic E-state index is -1.64. The summed E-state index contributed by atoms with van der Waals surface area (Å²) in [6, 6.07) is 0. The molecule has 0 amide bonds. The number of carbonyl (C=O) groups is 3. The summed E-state index contributed by atoms with van der Waals surface area (Å²) in [7, 11) is 5.90. The van der Waals surface area contributed by atoms with Crippen LogP contribution in [0.1, 0.15) is 232 Å². The fraction of sp³-hybridized carbons (Fsp3) is 0.625. The van der Waals surface area contributed by atoms with Gasteiger partial charge in [0.2, 0.25) is 0 Å². The molecule has 458 valence electrons. The van der Waals surface area contributed by atoms with Crippen molar-refractivity contribution >= 4 is 17.9 Å². The van der Waals surface area contributed by atoms with Gasteiger partial charge < -0.3 is 33.3 Å². The number of quaternary nitrogens is 1. The summed E-state index contributed by atoms with van der Waals surface area (Å²) < 4.78 is 22.7. The molecule has 0 bridgehead atoms. The predicted molar refractivity (Wildman–Crippen MR) is 342 cm³/mol.